The number of halogens is 3. The molecule has 8 nitrogen and oxygen atoms in total. The fourth-order valence-corrected chi connectivity index (χ4v) is 7.58. The molecule has 3 fully saturated rings. The SMILES string of the molecule is C=CC(=O)N1CC2(CCN(Cc3cc4c(c(C(F)(F)F)c3)CN(c3cccc(C(C)C)c3)C4=O)C2)C1.CC1CC(c2nncn2C)C1. The van der Waals surface area contributed by atoms with Gasteiger partial charge >= 0.3 is 6.18 Å². The number of nitrogens with zero attached hydrogens (tertiary/aromatic N) is 6. The van der Waals surface area contributed by atoms with Crippen LogP contribution in [-0.2, 0) is 31.1 Å². The molecule has 2 saturated heterocycles. The standard InChI is InChI=1S/C28H30F3N3O2.C8H13N3/c1-4-25(35)33-16-27(17-33)8-9-32(15-27)13-19-10-22-23(24(11-19)28(29,30)31)14-34(26(22)36)21-7-5-6-20(12-21)18(2)3;1-6-3-7(4-6)8-10-9-5-11(8)2/h4-7,10-12,18H,1,8-9,13-17H2,2-3H3;5-7H,3-4H2,1-2H3. The lowest BCUT2D eigenvalue weighted by Gasteiger charge is -2.47. The average molecular weight is 649 g/mol. The second-order valence-electron chi connectivity index (χ2n) is 14.2. The second kappa shape index (κ2) is 12.6. The Labute approximate surface area is 274 Å². The third-order valence-electron chi connectivity index (χ3n) is 10.2. The van der Waals surface area contributed by atoms with E-state index in [1.54, 1.807) is 23.4 Å². The summed E-state index contributed by atoms with van der Waals surface area (Å²) < 4.78 is 44.4. The molecular weight excluding hydrogens is 605 g/mol. The van der Waals surface area contributed by atoms with Crippen LogP contribution in [0.1, 0.15) is 90.3 Å². The van der Waals surface area contributed by atoms with Crippen molar-refractivity contribution in [1.29, 1.82) is 0 Å². The van der Waals surface area contributed by atoms with Crippen molar-refractivity contribution in [3.63, 3.8) is 0 Å². The Bertz CT molecular complexity index is 1670. The zero-order valence-electron chi connectivity index (χ0n) is 27.6. The molecule has 0 N–H and O–H groups in total. The topological polar surface area (TPSA) is 74.6 Å². The molecule has 2 aromatic carbocycles. The maximum Gasteiger partial charge on any atom is 0.416 e. The first-order valence-corrected chi connectivity index (χ1v) is 16.4. The Morgan fingerprint density at radius 2 is 1.89 bits per heavy atom. The largest absolute Gasteiger partial charge is 0.416 e. The molecule has 250 valence electrons. The molecule has 11 heteroatoms. The summed E-state index contributed by atoms with van der Waals surface area (Å²) in [4.78, 5) is 30.5. The van der Waals surface area contributed by atoms with E-state index in [0.29, 0.717) is 43.3 Å². The zero-order valence-corrected chi connectivity index (χ0v) is 27.6. The van der Waals surface area contributed by atoms with E-state index < -0.39 is 17.6 Å². The number of alkyl halides is 3. The molecule has 1 aliphatic carbocycles. The molecule has 47 heavy (non-hydrogen) atoms. The van der Waals surface area contributed by atoms with Gasteiger partial charge in [0.05, 0.1) is 12.1 Å². The molecule has 7 rings (SSSR count). The summed E-state index contributed by atoms with van der Waals surface area (Å²) in [5.74, 6) is 2.48. The number of hydrogen-bond donors (Lipinski definition) is 0. The number of aryl methyl sites for hydroxylation is 1. The molecule has 0 radical (unpaired) electrons. The van der Waals surface area contributed by atoms with Crippen LogP contribution in [0.4, 0.5) is 18.9 Å². The lowest BCUT2D eigenvalue weighted by Crippen LogP contribution is -2.59. The van der Waals surface area contributed by atoms with Gasteiger partial charge in [0.2, 0.25) is 5.91 Å². The number of benzene rings is 2. The lowest BCUT2D eigenvalue weighted by molar-refractivity contribution is -0.138. The van der Waals surface area contributed by atoms with Gasteiger partial charge in [-0.15, -0.1) is 10.2 Å². The van der Waals surface area contributed by atoms with E-state index >= 15 is 0 Å². The molecule has 3 aliphatic heterocycles. The van der Waals surface area contributed by atoms with Gasteiger partial charge in [0.1, 0.15) is 12.2 Å². The highest BCUT2D eigenvalue weighted by Crippen LogP contribution is 2.43. The number of fused-ring (bicyclic) bond motifs is 1. The average Bonchev–Trinajstić information content (AvgIpc) is 3.71. The van der Waals surface area contributed by atoms with E-state index in [1.165, 1.54) is 29.9 Å². The Morgan fingerprint density at radius 3 is 2.51 bits per heavy atom. The van der Waals surface area contributed by atoms with Crippen molar-refractivity contribution in [2.75, 3.05) is 31.1 Å². The van der Waals surface area contributed by atoms with Crippen molar-refractivity contribution >= 4 is 17.5 Å². The molecule has 0 bridgehead atoms. The number of likely N-dealkylation sites (tertiary alicyclic amines) is 2. The molecule has 4 heterocycles. The van der Waals surface area contributed by atoms with Crippen LogP contribution < -0.4 is 4.90 Å². The van der Waals surface area contributed by atoms with Crippen molar-refractivity contribution in [3.05, 3.63) is 89.0 Å². The van der Waals surface area contributed by atoms with Crippen molar-refractivity contribution in [3.8, 4) is 0 Å². The molecule has 0 atom stereocenters. The van der Waals surface area contributed by atoms with Gasteiger partial charge in [-0.25, -0.2) is 0 Å². The molecular formula is C36H43F3N6O2. The van der Waals surface area contributed by atoms with Crippen LogP contribution in [-0.4, -0.2) is 62.6 Å². The summed E-state index contributed by atoms with van der Waals surface area (Å²) in [6, 6.07) is 10.3. The third-order valence-corrected chi connectivity index (χ3v) is 10.2. The number of rotatable bonds is 6. The zero-order chi connectivity index (χ0) is 33.7. The maximum absolute atomic E-state index is 14.1. The first-order valence-electron chi connectivity index (χ1n) is 16.4. The summed E-state index contributed by atoms with van der Waals surface area (Å²) in [5.41, 5.74) is 1.57. The summed E-state index contributed by atoms with van der Waals surface area (Å²) in [6.07, 6.45) is 1.99. The monoisotopic (exact) mass is 648 g/mol. The fraction of sp³-hybridized carbons (Fsp3) is 0.500. The van der Waals surface area contributed by atoms with Gasteiger partial charge < -0.3 is 14.4 Å². The van der Waals surface area contributed by atoms with Crippen LogP contribution in [0, 0.1) is 11.3 Å². The normalized spacial score (nSPS) is 21.7. The number of aromatic nitrogens is 3. The van der Waals surface area contributed by atoms with Crippen LogP contribution in [0.25, 0.3) is 0 Å². The minimum absolute atomic E-state index is 0.00367. The Balaban J connectivity index is 0.000000295. The number of anilines is 1. The van der Waals surface area contributed by atoms with E-state index in [2.05, 4.69) is 28.6 Å². The smallest absolute Gasteiger partial charge is 0.338 e. The summed E-state index contributed by atoms with van der Waals surface area (Å²) in [5, 5.41) is 7.95. The molecule has 0 unspecified atom stereocenters. The summed E-state index contributed by atoms with van der Waals surface area (Å²) >= 11 is 0. The number of hydrogen-bond acceptors (Lipinski definition) is 5. The van der Waals surface area contributed by atoms with E-state index in [9.17, 15) is 22.8 Å². The first-order chi connectivity index (χ1) is 22.3. The predicted molar refractivity (Wildman–Crippen MR) is 174 cm³/mol. The van der Waals surface area contributed by atoms with Crippen LogP contribution in [0.2, 0.25) is 0 Å². The van der Waals surface area contributed by atoms with Gasteiger partial charge in [-0.1, -0.05) is 39.5 Å². The lowest BCUT2D eigenvalue weighted by atomic mass is 9.76. The van der Waals surface area contributed by atoms with Crippen LogP contribution >= 0.6 is 0 Å². The predicted octanol–water partition coefficient (Wildman–Crippen LogP) is 6.54. The maximum atomic E-state index is 14.1. The van der Waals surface area contributed by atoms with Gasteiger partial charge in [0.15, 0.2) is 0 Å². The van der Waals surface area contributed by atoms with Gasteiger partial charge in [-0.3, -0.25) is 14.5 Å². The van der Waals surface area contributed by atoms with E-state index in [4.69, 9.17) is 0 Å². The van der Waals surface area contributed by atoms with Crippen molar-refractivity contribution < 1.29 is 22.8 Å². The van der Waals surface area contributed by atoms with E-state index in [0.717, 1.165) is 30.3 Å². The molecule has 3 aromatic rings. The quantitative estimate of drug-likeness (QED) is 0.284. The number of amides is 2. The van der Waals surface area contributed by atoms with Crippen molar-refractivity contribution in [1.82, 2.24) is 24.6 Å². The van der Waals surface area contributed by atoms with Gasteiger partial charge in [0, 0.05) is 55.8 Å². The first kappa shape index (κ1) is 32.9. The molecule has 1 aromatic heterocycles. The summed E-state index contributed by atoms with van der Waals surface area (Å²) in [7, 11) is 2.01. The molecule has 4 aliphatic rings. The van der Waals surface area contributed by atoms with Crippen LogP contribution in [0.15, 0.2) is 55.4 Å². The minimum atomic E-state index is -4.55. The molecule has 1 spiro atoms. The van der Waals surface area contributed by atoms with Crippen molar-refractivity contribution in [2.24, 2.45) is 18.4 Å². The van der Waals surface area contributed by atoms with E-state index in [-0.39, 0.29) is 34.9 Å². The summed E-state index contributed by atoms with van der Waals surface area (Å²) in [6.45, 7) is 12.9. The number of carbonyl (C=O) groups excluding carboxylic acids is 2. The van der Waals surface area contributed by atoms with Crippen LogP contribution in [0.5, 0.6) is 0 Å². The molecule has 1 saturated carbocycles. The highest BCUT2D eigenvalue weighted by molar-refractivity contribution is 6.10. The minimum Gasteiger partial charge on any atom is -0.338 e. The van der Waals surface area contributed by atoms with Crippen LogP contribution in [0.3, 0.4) is 0 Å². The Hall–Kier alpha value is -3.99. The van der Waals surface area contributed by atoms with Gasteiger partial charge in [-0.2, -0.15) is 13.2 Å². The Morgan fingerprint density at radius 1 is 1.15 bits per heavy atom. The van der Waals surface area contributed by atoms with Gasteiger partial charge in [0.25, 0.3) is 5.91 Å². The van der Waals surface area contributed by atoms with Gasteiger partial charge in [-0.05, 0) is 84.7 Å². The number of carbonyl (C=O) groups is 2. The highest BCUT2D eigenvalue weighted by Gasteiger charge is 2.49. The molecule has 2 amide bonds. The van der Waals surface area contributed by atoms with E-state index in [1.807, 2.05) is 43.7 Å². The fourth-order valence-electron chi connectivity index (χ4n) is 7.58. The highest BCUT2D eigenvalue weighted by atomic mass is 19.4. The second-order valence-corrected chi connectivity index (χ2v) is 14.2. The third kappa shape index (κ3) is 6.59. The Kier molecular flexibility index (Phi) is 8.80. The van der Waals surface area contributed by atoms with Crippen molar-refractivity contribution in [2.45, 2.75) is 71.1 Å².